The molecule has 24 heavy (non-hydrogen) atoms. The van der Waals surface area contributed by atoms with Gasteiger partial charge < -0.3 is 0 Å². The molecular weight excluding hydrogens is 337 g/mol. The van der Waals surface area contributed by atoms with Gasteiger partial charge in [-0.3, -0.25) is 4.98 Å². The first-order valence-corrected chi connectivity index (χ1v) is 8.37. The minimum atomic E-state index is 0.715. The van der Waals surface area contributed by atoms with Gasteiger partial charge in [-0.2, -0.15) is 0 Å². The number of halogens is 2. The van der Waals surface area contributed by atoms with Crippen molar-refractivity contribution in [2.75, 3.05) is 0 Å². The second-order valence-electron chi connectivity index (χ2n) is 5.58. The Hall–Kier alpha value is -2.35. The third-order valence-electron chi connectivity index (χ3n) is 4.05. The fourth-order valence-corrected chi connectivity index (χ4v) is 3.15. The third kappa shape index (κ3) is 2.77. The van der Waals surface area contributed by atoms with Crippen molar-refractivity contribution < 1.29 is 0 Å². The van der Waals surface area contributed by atoms with Crippen LogP contribution in [0, 0.1) is 0 Å². The summed E-state index contributed by atoms with van der Waals surface area (Å²) in [5, 5.41) is 3.72. The van der Waals surface area contributed by atoms with E-state index < -0.39 is 0 Å². The lowest BCUT2D eigenvalue weighted by molar-refractivity contribution is 1.35. The highest BCUT2D eigenvalue weighted by Crippen LogP contribution is 2.37. The number of rotatable bonds is 2. The van der Waals surface area contributed by atoms with Crippen molar-refractivity contribution in [3.63, 3.8) is 0 Å². The topological polar surface area (TPSA) is 12.9 Å². The minimum Gasteiger partial charge on any atom is -0.255 e. The van der Waals surface area contributed by atoms with E-state index in [2.05, 4.69) is 12.1 Å². The lowest BCUT2D eigenvalue weighted by Gasteiger charge is -2.13. The molecule has 116 valence electrons. The molecule has 0 saturated carbocycles. The van der Waals surface area contributed by atoms with Gasteiger partial charge >= 0.3 is 0 Å². The van der Waals surface area contributed by atoms with Crippen LogP contribution in [0.4, 0.5) is 0 Å². The Morgan fingerprint density at radius 3 is 1.88 bits per heavy atom. The molecule has 1 nitrogen and oxygen atoms in total. The Labute approximate surface area is 150 Å². The molecule has 1 aromatic heterocycles. The summed E-state index contributed by atoms with van der Waals surface area (Å²) in [6, 6.07) is 23.9. The van der Waals surface area contributed by atoms with E-state index in [9.17, 15) is 0 Å². The minimum absolute atomic E-state index is 0.715. The zero-order valence-electron chi connectivity index (χ0n) is 12.7. The van der Waals surface area contributed by atoms with Gasteiger partial charge in [0.1, 0.15) is 0 Å². The molecule has 4 aromatic rings. The van der Waals surface area contributed by atoms with E-state index in [0.29, 0.717) is 5.02 Å². The summed E-state index contributed by atoms with van der Waals surface area (Å²) < 4.78 is 0. The van der Waals surface area contributed by atoms with Crippen LogP contribution >= 0.6 is 23.2 Å². The molecule has 0 radical (unpaired) electrons. The van der Waals surface area contributed by atoms with Gasteiger partial charge in [-0.1, -0.05) is 71.7 Å². The maximum atomic E-state index is 6.06. The summed E-state index contributed by atoms with van der Waals surface area (Å²) >= 11 is 12.1. The Morgan fingerprint density at radius 2 is 1.21 bits per heavy atom. The summed E-state index contributed by atoms with van der Waals surface area (Å²) in [6.45, 7) is 0. The Kier molecular flexibility index (Phi) is 3.97. The maximum Gasteiger partial charge on any atom is 0.0786 e. The zero-order valence-corrected chi connectivity index (χ0v) is 14.2. The maximum absolute atomic E-state index is 6.06. The van der Waals surface area contributed by atoms with Gasteiger partial charge in [-0.25, -0.2) is 0 Å². The standard InChI is InChI=1S/C21H13Cl2N/c22-17-9-5-14(6-10-17)20-19-4-2-1-3-16(19)13-24-21(20)15-7-11-18(23)12-8-15/h1-13H. The summed E-state index contributed by atoms with van der Waals surface area (Å²) in [6.07, 6.45) is 1.92. The molecule has 0 N–H and O–H groups in total. The number of pyridine rings is 1. The van der Waals surface area contributed by atoms with Crippen LogP contribution in [0.1, 0.15) is 0 Å². The van der Waals surface area contributed by atoms with Crippen molar-refractivity contribution in [2.45, 2.75) is 0 Å². The van der Waals surface area contributed by atoms with Gasteiger partial charge in [0.15, 0.2) is 0 Å². The predicted molar refractivity (Wildman–Crippen MR) is 103 cm³/mol. The molecule has 3 heteroatoms. The molecule has 0 aliphatic carbocycles. The number of hydrogen-bond donors (Lipinski definition) is 0. The van der Waals surface area contributed by atoms with E-state index in [0.717, 1.165) is 32.8 Å². The molecule has 4 rings (SSSR count). The first kappa shape index (κ1) is 15.2. The second kappa shape index (κ2) is 6.27. The highest BCUT2D eigenvalue weighted by atomic mass is 35.5. The van der Waals surface area contributed by atoms with E-state index >= 15 is 0 Å². The summed E-state index contributed by atoms with van der Waals surface area (Å²) in [5.41, 5.74) is 4.17. The van der Waals surface area contributed by atoms with Crippen LogP contribution in [-0.4, -0.2) is 4.98 Å². The van der Waals surface area contributed by atoms with Crippen LogP contribution in [0.5, 0.6) is 0 Å². The number of fused-ring (bicyclic) bond motifs is 1. The Morgan fingerprint density at radius 1 is 0.625 bits per heavy atom. The van der Waals surface area contributed by atoms with Crippen molar-refractivity contribution >= 4 is 34.0 Å². The monoisotopic (exact) mass is 349 g/mol. The van der Waals surface area contributed by atoms with Crippen LogP contribution in [0.3, 0.4) is 0 Å². The average molecular weight is 350 g/mol. The quantitative estimate of drug-likeness (QED) is 0.384. The molecular formula is C21H13Cl2N. The van der Waals surface area contributed by atoms with Gasteiger partial charge in [0, 0.05) is 32.8 Å². The smallest absolute Gasteiger partial charge is 0.0786 e. The second-order valence-corrected chi connectivity index (χ2v) is 6.46. The van der Waals surface area contributed by atoms with Crippen molar-refractivity contribution in [3.05, 3.63) is 89.0 Å². The fourth-order valence-electron chi connectivity index (χ4n) is 2.90. The molecule has 0 atom stereocenters. The van der Waals surface area contributed by atoms with Crippen LogP contribution in [-0.2, 0) is 0 Å². The van der Waals surface area contributed by atoms with Gasteiger partial charge in [0.2, 0.25) is 0 Å². The number of hydrogen-bond acceptors (Lipinski definition) is 1. The van der Waals surface area contributed by atoms with Crippen LogP contribution in [0.25, 0.3) is 33.2 Å². The molecule has 0 spiro atoms. The Balaban J connectivity index is 2.04. The highest BCUT2D eigenvalue weighted by Gasteiger charge is 2.13. The van der Waals surface area contributed by atoms with E-state index in [1.165, 1.54) is 5.39 Å². The SMILES string of the molecule is Clc1ccc(-c2ncc3ccccc3c2-c2ccc(Cl)cc2)cc1. The fraction of sp³-hybridized carbons (Fsp3) is 0. The lowest BCUT2D eigenvalue weighted by Crippen LogP contribution is -1.91. The third-order valence-corrected chi connectivity index (χ3v) is 4.55. The molecule has 0 bridgehead atoms. The largest absolute Gasteiger partial charge is 0.255 e. The summed E-state index contributed by atoms with van der Waals surface area (Å²) in [4.78, 5) is 4.73. The molecule has 0 fully saturated rings. The molecule has 0 unspecified atom stereocenters. The highest BCUT2D eigenvalue weighted by molar-refractivity contribution is 6.31. The zero-order chi connectivity index (χ0) is 16.5. The first-order valence-electron chi connectivity index (χ1n) is 7.62. The van der Waals surface area contributed by atoms with Gasteiger partial charge in [-0.15, -0.1) is 0 Å². The molecule has 0 aliphatic rings. The van der Waals surface area contributed by atoms with Gasteiger partial charge in [-0.05, 0) is 35.2 Å². The van der Waals surface area contributed by atoms with Crippen molar-refractivity contribution in [1.29, 1.82) is 0 Å². The van der Waals surface area contributed by atoms with E-state index in [1.807, 2.05) is 66.9 Å². The van der Waals surface area contributed by atoms with Crippen molar-refractivity contribution in [3.8, 4) is 22.4 Å². The van der Waals surface area contributed by atoms with Gasteiger partial charge in [0.25, 0.3) is 0 Å². The van der Waals surface area contributed by atoms with E-state index in [1.54, 1.807) is 0 Å². The van der Waals surface area contributed by atoms with Crippen LogP contribution in [0.15, 0.2) is 79.0 Å². The van der Waals surface area contributed by atoms with Gasteiger partial charge in [0.05, 0.1) is 5.69 Å². The summed E-state index contributed by atoms with van der Waals surface area (Å²) in [5.74, 6) is 0. The van der Waals surface area contributed by atoms with E-state index in [-0.39, 0.29) is 0 Å². The number of nitrogens with zero attached hydrogens (tertiary/aromatic N) is 1. The Bertz CT molecular complexity index is 1010. The van der Waals surface area contributed by atoms with Crippen LogP contribution < -0.4 is 0 Å². The molecule has 0 amide bonds. The summed E-state index contributed by atoms with van der Waals surface area (Å²) in [7, 11) is 0. The normalized spacial score (nSPS) is 10.9. The molecule has 0 aliphatic heterocycles. The molecule has 3 aromatic carbocycles. The first-order chi connectivity index (χ1) is 11.7. The number of aromatic nitrogens is 1. The molecule has 0 saturated heterocycles. The van der Waals surface area contributed by atoms with Crippen LogP contribution in [0.2, 0.25) is 10.0 Å². The molecule has 1 heterocycles. The van der Waals surface area contributed by atoms with Crippen molar-refractivity contribution in [1.82, 2.24) is 4.98 Å². The lowest BCUT2D eigenvalue weighted by atomic mass is 9.94. The predicted octanol–water partition coefficient (Wildman–Crippen LogP) is 6.88. The average Bonchev–Trinajstić information content (AvgIpc) is 2.62. The number of benzene rings is 3. The van der Waals surface area contributed by atoms with E-state index in [4.69, 9.17) is 28.2 Å². The van der Waals surface area contributed by atoms with Crippen molar-refractivity contribution in [2.24, 2.45) is 0 Å².